The molecular formula is C20H17FN4O. The maximum atomic E-state index is 13.1. The van der Waals surface area contributed by atoms with E-state index in [9.17, 15) is 9.18 Å². The van der Waals surface area contributed by atoms with Gasteiger partial charge in [0.05, 0.1) is 35.7 Å². The van der Waals surface area contributed by atoms with Gasteiger partial charge in [-0.1, -0.05) is 6.07 Å². The van der Waals surface area contributed by atoms with Gasteiger partial charge in [-0.15, -0.1) is 0 Å². The SMILES string of the molecule is Nc1ccc(-c2ccc(F)cc2)nc1CC(=O)N1Cc2cccnc2C1. The van der Waals surface area contributed by atoms with Crippen molar-refractivity contribution in [2.45, 2.75) is 19.5 Å². The smallest absolute Gasteiger partial charge is 0.229 e. The van der Waals surface area contributed by atoms with Crippen molar-refractivity contribution in [3.63, 3.8) is 0 Å². The zero-order valence-electron chi connectivity index (χ0n) is 14.0. The van der Waals surface area contributed by atoms with Crippen LogP contribution in [-0.2, 0) is 24.3 Å². The lowest BCUT2D eigenvalue weighted by Gasteiger charge is -2.16. The second kappa shape index (κ2) is 6.55. The second-order valence-electron chi connectivity index (χ2n) is 6.28. The Labute approximate surface area is 150 Å². The fourth-order valence-corrected chi connectivity index (χ4v) is 3.07. The average Bonchev–Trinajstić information content (AvgIpc) is 3.09. The summed E-state index contributed by atoms with van der Waals surface area (Å²) >= 11 is 0. The molecular weight excluding hydrogens is 331 g/mol. The zero-order valence-corrected chi connectivity index (χ0v) is 14.0. The fourth-order valence-electron chi connectivity index (χ4n) is 3.07. The van der Waals surface area contributed by atoms with Crippen molar-refractivity contribution >= 4 is 11.6 Å². The minimum atomic E-state index is -0.304. The molecule has 1 aliphatic heterocycles. The third kappa shape index (κ3) is 3.13. The van der Waals surface area contributed by atoms with Gasteiger partial charge in [-0.2, -0.15) is 0 Å². The van der Waals surface area contributed by atoms with Crippen LogP contribution >= 0.6 is 0 Å². The van der Waals surface area contributed by atoms with Gasteiger partial charge in [0.25, 0.3) is 0 Å². The van der Waals surface area contributed by atoms with Crippen LogP contribution in [0.1, 0.15) is 17.0 Å². The summed E-state index contributed by atoms with van der Waals surface area (Å²) in [6, 6.07) is 13.4. The molecule has 6 heteroatoms. The maximum absolute atomic E-state index is 13.1. The number of rotatable bonds is 3. The lowest BCUT2D eigenvalue weighted by Crippen LogP contribution is -2.27. The lowest BCUT2D eigenvalue weighted by molar-refractivity contribution is -0.131. The Morgan fingerprint density at radius 1 is 1.12 bits per heavy atom. The van der Waals surface area contributed by atoms with E-state index in [1.54, 1.807) is 35.4 Å². The van der Waals surface area contributed by atoms with Crippen LogP contribution in [0, 0.1) is 5.82 Å². The molecule has 2 N–H and O–H groups in total. The summed E-state index contributed by atoms with van der Waals surface area (Å²) in [7, 11) is 0. The summed E-state index contributed by atoms with van der Waals surface area (Å²) in [5.74, 6) is -0.347. The van der Waals surface area contributed by atoms with Crippen LogP contribution in [0.2, 0.25) is 0 Å². The quantitative estimate of drug-likeness (QED) is 0.790. The van der Waals surface area contributed by atoms with E-state index in [-0.39, 0.29) is 18.1 Å². The largest absolute Gasteiger partial charge is 0.397 e. The first-order valence-electron chi connectivity index (χ1n) is 8.32. The molecule has 0 spiro atoms. The summed E-state index contributed by atoms with van der Waals surface area (Å²) in [6.07, 6.45) is 1.85. The van der Waals surface area contributed by atoms with Crippen LogP contribution in [0.25, 0.3) is 11.3 Å². The van der Waals surface area contributed by atoms with Crippen LogP contribution in [0.4, 0.5) is 10.1 Å². The van der Waals surface area contributed by atoms with E-state index in [4.69, 9.17) is 5.73 Å². The summed E-state index contributed by atoms with van der Waals surface area (Å²) in [6.45, 7) is 1.06. The van der Waals surface area contributed by atoms with Crippen LogP contribution in [0.15, 0.2) is 54.7 Å². The first kappa shape index (κ1) is 16.2. The Kier molecular flexibility index (Phi) is 4.08. The Balaban J connectivity index is 1.54. The number of nitrogens with zero attached hydrogens (tertiary/aromatic N) is 3. The average molecular weight is 348 g/mol. The highest BCUT2D eigenvalue weighted by atomic mass is 19.1. The number of carbonyl (C=O) groups excluding carboxylic acids is 1. The molecule has 1 aromatic carbocycles. The number of carbonyl (C=O) groups is 1. The van der Waals surface area contributed by atoms with Crippen molar-refractivity contribution in [1.82, 2.24) is 14.9 Å². The van der Waals surface area contributed by atoms with E-state index in [2.05, 4.69) is 9.97 Å². The van der Waals surface area contributed by atoms with Gasteiger partial charge in [0.15, 0.2) is 0 Å². The molecule has 26 heavy (non-hydrogen) atoms. The molecule has 0 saturated heterocycles. The van der Waals surface area contributed by atoms with Crippen molar-refractivity contribution in [3.8, 4) is 11.3 Å². The number of hydrogen-bond acceptors (Lipinski definition) is 4. The number of halogens is 1. The highest BCUT2D eigenvalue weighted by molar-refractivity contribution is 5.80. The van der Waals surface area contributed by atoms with E-state index in [1.165, 1.54) is 12.1 Å². The van der Waals surface area contributed by atoms with Gasteiger partial charge in [-0.3, -0.25) is 14.8 Å². The molecule has 4 rings (SSSR count). The number of fused-ring (bicyclic) bond motifs is 1. The first-order valence-corrected chi connectivity index (χ1v) is 8.32. The van der Waals surface area contributed by atoms with Gasteiger partial charge >= 0.3 is 0 Å². The number of benzene rings is 1. The number of nitrogens with two attached hydrogens (primary N) is 1. The Bertz CT molecular complexity index is 947. The normalized spacial score (nSPS) is 12.9. The standard InChI is InChI=1S/C20H17FN4O/c21-15-5-3-13(4-6-15)17-8-7-16(22)18(24-17)10-20(26)25-11-14-2-1-9-23-19(14)12-25/h1-9H,10-12,22H2. The number of hydrogen-bond donors (Lipinski definition) is 1. The van der Waals surface area contributed by atoms with Crippen molar-refractivity contribution < 1.29 is 9.18 Å². The molecule has 0 fully saturated rings. The van der Waals surface area contributed by atoms with Gasteiger partial charge in [-0.25, -0.2) is 4.39 Å². The molecule has 3 aromatic rings. The summed E-state index contributed by atoms with van der Waals surface area (Å²) in [5.41, 5.74) is 10.5. The topological polar surface area (TPSA) is 72.1 Å². The van der Waals surface area contributed by atoms with E-state index >= 15 is 0 Å². The molecule has 1 amide bonds. The minimum Gasteiger partial charge on any atom is -0.397 e. The summed E-state index contributed by atoms with van der Waals surface area (Å²) in [5, 5.41) is 0. The summed E-state index contributed by atoms with van der Waals surface area (Å²) in [4.78, 5) is 23.3. The third-order valence-electron chi connectivity index (χ3n) is 4.51. The molecule has 0 radical (unpaired) electrons. The molecule has 0 atom stereocenters. The Morgan fingerprint density at radius 2 is 1.92 bits per heavy atom. The molecule has 130 valence electrons. The summed E-state index contributed by atoms with van der Waals surface area (Å²) < 4.78 is 13.1. The molecule has 0 unspecified atom stereocenters. The number of pyridine rings is 2. The Morgan fingerprint density at radius 3 is 2.69 bits per heavy atom. The monoisotopic (exact) mass is 348 g/mol. The van der Waals surface area contributed by atoms with E-state index in [0.717, 1.165) is 16.8 Å². The van der Waals surface area contributed by atoms with Gasteiger partial charge in [0.2, 0.25) is 5.91 Å². The number of anilines is 1. The van der Waals surface area contributed by atoms with E-state index < -0.39 is 0 Å². The van der Waals surface area contributed by atoms with Gasteiger partial charge in [-0.05, 0) is 48.0 Å². The van der Waals surface area contributed by atoms with Gasteiger partial charge in [0.1, 0.15) is 5.82 Å². The van der Waals surface area contributed by atoms with Crippen molar-refractivity contribution in [2.24, 2.45) is 0 Å². The second-order valence-corrected chi connectivity index (χ2v) is 6.28. The lowest BCUT2D eigenvalue weighted by atomic mass is 10.1. The minimum absolute atomic E-state index is 0.0431. The molecule has 0 bridgehead atoms. The van der Waals surface area contributed by atoms with Crippen molar-refractivity contribution in [2.75, 3.05) is 5.73 Å². The molecule has 2 aromatic heterocycles. The van der Waals surface area contributed by atoms with Crippen molar-refractivity contribution in [1.29, 1.82) is 0 Å². The molecule has 1 aliphatic rings. The molecule has 0 saturated carbocycles. The molecule has 0 aliphatic carbocycles. The number of nitrogen functional groups attached to an aromatic ring is 1. The maximum Gasteiger partial charge on any atom is 0.229 e. The van der Waals surface area contributed by atoms with E-state index in [0.29, 0.717) is 30.2 Å². The van der Waals surface area contributed by atoms with Crippen LogP contribution in [-0.4, -0.2) is 20.8 Å². The predicted molar refractivity (Wildman–Crippen MR) is 96.2 cm³/mol. The fraction of sp³-hybridized carbons (Fsp3) is 0.150. The van der Waals surface area contributed by atoms with Crippen LogP contribution in [0.5, 0.6) is 0 Å². The highest BCUT2D eigenvalue weighted by Crippen LogP contribution is 2.24. The first-order chi connectivity index (χ1) is 12.6. The predicted octanol–water partition coefficient (Wildman–Crippen LogP) is 2.95. The van der Waals surface area contributed by atoms with Gasteiger partial charge < -0.3 is 10.6 Å². The molecule has 5 nitrogen and oxygen atoms in total. The van der Waals surface area contributed by atoms with Crippen molar-refractivity contribution in [3.05, 3.63) is 77.5 Å². The third-order valence-corrected chi connectivity index (χ3v) is 4.51. The highest BCUT2D eigenvalue weighted by Gasteiger charge is 2.24. The van der Waals surface area contributed by atoms with Gasteiger partial charge in [0, 0.05) is 18.3 Å². The van der Waals surface area contributed by atoms with Crippen LogP contribution in [0.3, 0.4) is 0 Å². The van der Waals surface area contributed by atoms with E-state index in [1.807, 2.05) is 12.1 Å². The van der Waals surface area contributed by atoms with Crippen LogP contribution < -0.4 is 5.73 Å². The Hall–Kier alpha value is -3.28. The zero-order chi connectivity index (χ0) is 18.1. The number of amides is 1. The molecule has 3 heterocycles. The number of aromatic nitrogens is 2.